The normalized spacial score (nSPS) is 11.7. The lowest BCUT2D eigenvalue weighted by Crippen LogP contribution is -2.43. The zero-order chi connectivity index (χ0) is 15.1. The maximum atomic E-state index is 13.6. The van der Waals surface area contributed by atoms with Gasteiger partial charge in [0.15, 0.2) is 0 Å². The standard InChI is InChI=1S/C14H20F2N2OS.ClH/c1-3-18(14(19)13(17)7-8-20-2)9-10-11(15)5-4-6-12(10)16;/h4-6,13H,3,7-9,17H2,1-2H3;1H/t13-;/m0./s1. The summed E-state index contributed by atoms with van der Waals surface area (Å²) in [6.07, 6.45) is 2.49. The third-order valence-corrected chi connectivity index (χ3v) is 3.70. The number of carbonyl (C=O) groups excluding carboxylic acids is 1. The van der Waals surface area contributed by atoms with E-state index in [1.165, 1.54) is 23.1 Å². The largest absolute Gasteiger partial charge is 0.337 e. The molecule has 1 aromatic carbocycles. The highest BCUT2D eigenvalue weighted by molar-refractivity contribution is 7.98. The van der Waals surface area contributed by atoms with Crippen LogP contribution in [0.2, 0.25) is 0 Å². The van der Waals surface area contributed by atoms with Gasteiger partial charge in [-0.05, 0) is 37.5 Å². The number of likely N-dealkylation sites (N-methyl/N-ethyl adjacent to an activating group) is 1. The Labute approximate surface area is 134 Å². The van der Waals surface area contributed by atoms with E-state index in [2.05, 4.69) is 0 Å². The minimum absolute atomic E-state index is 0. The Kier molecular flexibility index (Phi) is 9.57. The fourth-order valence-corrected chi connectivity index (χ4v) is 2.31. The van der Waals surface area contributed by atoms with Crippen LogP contribution in [0.1, 0.15) is 18.9 Å². The number of hydrogen-bond acceptors (Lipinski definition) is 3. The highest BCUT2D eigenvalue weighted by Crippen LogP contribution is 2.15. The molecule has 3 nitrogen and oxygen atoms in total. The van der Waals surface area contributed by atoms with Crippen molar-refractivity contribution in [3.63, 3.8) is 0 Å². The summed E-state index contributed by atoms with van der Waals surface area (Å²) < 4.78 is 27.2. The van der Waals surface area contributed by atoms with Gasteiger partial charge in [0, 0.05) is 12.1 Å². The van der Waals surface area contributed by atoms with Crippen molar-refractivity contribution >= 4 is 30.1 Å². The first-order valence-corrected chi connectivity index (χ1v) is 7.86. The average Bonchev–Trinajstić information content (AvgIpc) is 2.44. The fraction of sp³-hybridized carbons (Fsp3) is 0.500. The maximum absolute atomic E-state index is 13.6. The van der Waals surface area contributed by atoms with Crippen molar-refractivity contribution in [3.8, 4) is 0 Å². The number of amides is 1. The second-order valence-electron chi connectivity index (χ2n) is 4.44. The monoisotopic (exact) mass is 338 g/mol. The van der Waals surface area contributed by atoms with Gasteiger partial charge in [-0.1, -0.05) is 6.07 Å². The van der Waals surface area contributed by atoms with E-state index in [9.17, 15) is 13.6 Å². The first-order valence-electron chi connectivity index (χ1n) is 6.47. The Balaban J connectivity index is 0.00000400. The number of thioether (sulfide) groups is 1. The van der Waals surface area contributed by atoms with Crippen LogP contribution in [0.25, 0.3) is 0 Å². The van der Waals surface area contributed by atoms with Crippen LogP contribution >= 0.6 is 24.2 Å². The summed E-state index contributed by atoms with van der Waals surface area (Å²) in [5, 5.41) is 0. The molecule has 21 heavy (non-hydrogen) atoms. The molecule has 0 aliphatic rings. The minimum Gasteiger partial charge on any atom is -0.337 e. The summed E-state index contributed by atoms with van der Waals surface area (Å²) in [5.41, 5.74) is 5.72. The van der Waals surface area contributed by atoms with Gasteiger partial charge in [0.1, 0.15) is 11.6 Å². The van der Waals surface area contributed by atoms with Crippen LogP contribution < -0.4 is 5.73 Å². The van der Waals surface area contributed by atoms with Crippen LogP contribution in [-0.2, 0) is 11.3 Å². The van der Waals surface area contributed by atoms with E-state index >= 15 is 0 Å². The predicted molar refractivity (Wildman–Crippen MR) is 85.7 cm³/mol. The molecule has 0 aliphatic heterocycles. The van der Waals surface area contributed by atoms with Gasteiger partial charge in [-0.2, -0.15) is 11.8 Å². The Morgan fingerprint density at radius 1 is 1.38 bits per heavy atom. The third-order valence-electron chi connectivity index (χ3n) is 3.05. The molecular formula is C14H21ClF2N2OS. The van der Waals surface area contributed by atoms with Crippen LogP contribution in [0, 0.1) is 11.6 Å². The number of nitrogens with zero attached hydrogens (tertiary/aromatic N) is 1. The molecule has 0 saturated heterocycles. The lowest BCUT2D eigenvalue weighted by atomic mass is 10.1. The van der Waals surface area contributed by atoms with E-state index in [4.69, 9.17) is 5.73 Å². The molecular weight excluding hydrogens is 318 g/mol. The zero-order valence-electron chi connectivity index (χ0n) is 12.1. The highest BCUT2D eigenvalue weighted by atomic mass is 35.5. The molecule has 1 atom stereocenters. The van der Waals surface area contributed by atoms with Crippen molar-refractivity contribution < 1.29 is 13.6 Å². The number of carbonyl (C=O) groups is 1. The zero-order valence-corrected chi connectivity index (χ0v) is 13.8. The Morgan fingerprint density at radius 2 is 1.95 bits per heavy atom. The molecule has 1 amide bonds. The molecule has 0 radical (unpaired) electrons. The Hall–Kier alpha value is -0.850. The van der Waals surface area contributed by atoms with E-state index in [0.29, 0.717) is 13.0 Å². The van der Waals surface area contributed by atoms with E-state index in [-0.39, 0.29) is 30.4 Å². The SMILES string of the molecule is CCN(Cc1c(F)cccc1F)C(=O)[C@@H](N)CCSC.Cl. The van der Waals surface area contributed by atoms with Gasteiger partial charge in [0.2, 0.25) is 5.91 Å². The summed E-state index contributed by atoms with van der Waals surface area (Å²) in [6, 6.07) is 3.04. The Morgan fingerprint density at radius 3 is 2.43 bits per heavy atom. The number of benzene rings is 1. The second kappa shape index (κ2) is 9.97. The molecule has 0 aliphatic carbocycles. The minimum atomic E-state index is -0.645. The van der Waals surface area contributed by atoms with Crippen molar-refractivity contribution in [1.82, 2.24) is 4.90 Å². The average molecular weight is 339 g/mol. The first-order chi connectivity index (χ1) is 9.51. The molecule has 1 aromatic rings. The molecule has 0 bridgehead atoms. The molecule has 0 fully saturated rings. The van der Waals surface area contributed by atoms with Crippen molar-refractivity contribution in [2.45, 2.75) is 25.9 Å². The van der Waals surface area contributed by atoms with E-state index in [0.717, 1.165) is 5.75 Å². The highest BCUT2D eigenvalue weighted by Gasteiger charge is 2.21. The summed E-state index contributed by atoms with van der Waals surface area (Å²) in [6.45, 7) is 2.03. The summed E-state index contributed by atoms with van der Waals surface area (Å²) in [4.78, 5) is 13.5. The van der Waals surface area contributed by atoms with Gasteiger partial charge in [0.05, 0.1) is 12.6 Å². The molecule has 1 rings (SSSR count). The molecule has 0 saturated carbocycles. The molecule has 0 heterocycles. The van der Waals surface area contributed by atoms with Gasteiger partial charge < -0.3 is 10.6 Å². The first kappa shape index (κ1) is 20.1. The second-order valence-corrected chi connectivity index (χ2v) is 5.43. The van der Waals surface area contributed by atoms with Gasteiger partial charge in [-0.25, -0.2) is 8.78 Å². The summed E-state index contributed by atoms with van der Waals surface area (Å²) >= 11 is 1.60. The quantitative estimate of drug-likeness (QED) is 0.831. The van der Waals surface area contributed by atoms with Crippen LogP contribution in [0.3, 0.4) is 0 Å². The number of hydrogen-bond donors (Lipinski definition) is 1. The maximum Gasteiger partial charge on any atom is 0.239 e. The lowest BCUT2D eigenvalue weighted by molar-refractivity contribution is -0.133. The van der Waals surface area contributed by atoms with Gasteiger partial charge in [-0.15, -0.1) is 12.4 Å². The lowest BCUT2D eigenvalue weighted by Gasteiger charge is -2.24. The van der Waals surface area contributed by atoms with Crippen molar-refractivity contribution in [2.24, 2.45) is 5.73 Å². The smallest absolute Gasteiger partial charge is 0.239 e. The van der Waals surface area contributed by atoms with Gasteiger partial charge in [-0.3, -0.25) is 4.79 Å². The van der Waals surface area contributed by atoms with Crippen molar-refractivity contribution in [2.75, 3.05) is 18.6 Å². The van der Waals surface area contributed by atoms with Crippen molar-refractivity contribution in [3.05, 3.63) is 35.4 Å². The van der Waals surface area contributed by atoms with Crippen LogP contribution in [0.5, 0.6) is 0 Å². The molecule has 2 N–H and O–H groups in total. The molecule has 0 spiro atoms. The van der Waals surface area contributed by atoms with Gasteiger partial charge in [0.25, 0.3) is 0 Å². The van der Waals surface area contributed by atoms with E-state index < -0.39 is 17.7 Å². The number of nitrogens with two attached hydrogens (primary N) is 1. The van der Waals surface area contributed by atoms with Crippen LogP contribution in [0.15, 0.2) is 18.2 Å². The summed E-state index contributed by atoms with van der Waals surface area (Å²) in [7, 11) is 0. The number of rotatable bonds is 7. The summed E-state index contributed by atoms with van der Waals surface area (Å²) in [5.74, 6) is -0.787. The predicted octanol–water partition coefficient (Wildman–Crippen LogP) is 2.82. The fourth-order valence-electron chi connectivity index (χ4n) is 1.82. The third kappa shape index (κ3) is 5.80. The molecule has 0 aromatic heterocycles. The van der Waals surface area contributed by atoms with Gasteiger partial charge >= 0.3 is 0 Å². The topological polar surface area (TPSA) is 46.3 Å². The molecule has 0 unspecified atom stereocenters. The number of halogens is 3. The Bertz CT molecular complexity index is 442. The van der Waals surface area contributed by atoms with Crippen LogP contribution in [-0.4, -0.2) is 35.4 Å². The molecule has 7 heteroatoms. The van der Waals surface area contributed by atoms with E-state index in [1.807, 2.05) is 6.26 Å². The van der Waals surface area contributed by atoms with E-state index in [1.54, 1.807) is 18.7 Å². The van der Waals surface area contributed by atoms with Crippen molar-refractivity contribution in [1.29, 1.82) is 0 Å². The van der Waals surface area contributed by atoms with Crippen LogP contribution in [0.4, 0.5) is 8.78 Å². The molecule has 120 valence electrons.